The summed E-state index contributed by atoms with van der Waals surface area (Å²) in [5.41, 5.74) is 2.61. The van der Waals surface area contributed by atoms with Crippen molar-refractivity contribution in [2.75, 3.05) is 13.7 Å². The summed E-state index contributed by atoms with van der Waals surface area (Å²) in [6, 6.07) is 11.1. The number of carbonyl (C=O) groups is 1. The first-order valence-corrected chi connectivity index (χ1v) is 6.41. The molecule has 1 N–H and O–H groups in total. The second-order valence-electron chi connectivity index (χ2n) is 4.39. The Hall–Kier alpha value is -2.46. The van der Waals surface area contributed by atoms with Crippen LogP contribution in [0.5, 0.6) is 0 Å². The molecule has 2 aromatic rings. The highest BCUT2D eigenvalue weighted by atomic mass is 19.1. The molecule has 0 atom stereocenters. The van der Waals surface area contributed by atoms with Crippen LogP contribution in [0, 0.1) is 5.82 Å². The molecule has 0 fully saturated rings. The Morgan fingerprint density at radius 1 is 1.24 bits per heavy atom. The molecule has 3 nitrogen and oxygen atoms in total. The normalized spacial score (nSPS) is 10.8. The third kappa shape index (κ3) is 3.55. The first-order chi connectivity index (χ1) is 10.2. The van der Waals surface area contributed by atoms with Crippen LogP contribution < -0.4 is 0 Å². The van der Waals surface area contributed by atoms with E-state index in [-0.39, 0.29) is 12.4 Å². The van der Waals surface area contributed by atoms with Crippen molar-refractivity contribution in [2.24, 2.45) is 0 Å². The number of hydrogen-bond donors (Lipinski definition) is 1. The fourth-order valence-electron chi connectivity index (χ4n) is 2.01. The van der Waals surface area contributed by atoms with Gasteiger partial charge in [-0.05, 0) is 41.0 Å². The Kier molecular flexibility index (Phi) is 4.85. The molecule has 0 bridgehead atoms. The molecule has 0 heterocycles. The van der Waals surface area contributed by atoms with E-state index in [1.54, 1.807) is 42.5 Å². The summed E-state index contributed by atoms with van der Waals surface area (Å²) in [5, 5.41) is 8.82. The molecule has 0 aliphatic carbocycles. The molecule has 108 valence electrons. The SMILES string of the molecule is COC(=O)c1ccc(C=CCO)cc1-c1ccc(F)cc1. The number of esters is 1. The van der Waals surface area contributed by atoms with Crippen LogP contribution in [0.2, 0.25) is 0 Å². The van der Waals surface area contributed by atoms with E-state index in [0.29, 0.717) is 11.1 Å². The molecule has 0 spiro atoms. The highest BCUT2D eigenvalue weighted by Gasteiger charge is 2.13. The van der Waals surface area contributed by atoms with Crippen molar-refractivity contribution in [3.8, 4) is 11.1 Å². The Labute approximate surface area is 122 Å². The number of hydrogen-bond acceptors (Lipinski definition) is 3. The van der Waals surface area contributed by atoms with Gasteiger partial charge in [0.15, 0.2) is 0 Å². The van der Waals surface area contributed by atoms with Gasteiger partial charge < -0.3 is 9.84 Å². The van der Waals surface area contributed by atoms with Gasteiger partial charge in [0.1, 0.15) is 5.82 Å². The molecule has 0 amide bonds. The smallest absolute Gasteiger partial charge is 0.338 e. The van der Waals surface area contributed by atoms with Crippen molar-refractivity contribution in [2.45, 2.75) is 0 Å². The molecule has 0 radical (unpaired) electrons. The Morgan fingerprint density at radius 2 is 1.95 bits per heavy atom. The zero-order chi connectivity index (χ0) is 15.2. The largest absolute Gasteiger partial charge is 0.465 e. The minimum Gasteiger partial charge on any atom is -0.465 e. The van der Waals surface area contributed by atoms with Crippen LogP contribution in [0.1, 0.15) is 15.9 Å². The highest BCUT2D eigenvalue weighted by Crippen LogP contribution is 2.26. The number of aliphatic hydroxyl groups is 1. The predicted molar refractivity (Wildman–Crippen MR) is 79.3 cm³/mol. The van der Waals surface area contributed by atoms with Gasteiger partial charge in [-0.2, -0.15) is 0 Å². The quantitative estimate of drug-likeness (QED) is 0.877. The minimum atomic E-state index is -0.452. The van der Waals surface area contributed by atoms with Gasteiger partial charge in [0, 0.05) is 0 Å². The van der Waals surface area contributed by atoms with Gasteiger partial charge in [-0.15, -0.1) is 0 Å². The average Bonchev–Trinajstić information content (AvgIpc) is 2.52. The van der Waals surface area contributed by atoms with Gasteiger partial charge in [-0.3, -0.25) is 0 Å². The lowest BCUT2D eigenvalue weighted by molar-refractivity contribution is 0.0601. The van der Waals surface area contributed by atoms with Gasteiger partial charge >= 0.3 is 5.97 Å². The van der Waals surface area contributed by atoms with Crippen molar-refractivity contribution in [3.05, 3.63) is 65.5 Å². The summed E-state index contributed by atoms with van der Waals surface area (Å²) in [7, 11) is 1.32. The summed E-state index contributed by atoms with van der Waals surface area (Å²) >= 11 is 0. The predicted octanol–water partition coefficient (Wildman–Crippen LogP) is 3.28. The van der Waals surface area contributed by atoms with Crippen LogP contribution >= 0.6 is 0 Å². The van der Waals surface area contributed by atoms with E-state index in [1.807, 2.05) is 0 Å². The van der Waals surface area contributed by atoms with E-state index in [1.165, 1.54) is 19.2 Å². The van der Waals surface area contributed by atoms with Crippen LogP contribution in [0.25, 0.3) is 17.2 Å². The molecular weight excluding hydrogens is 271 g/mol. The molecule has 0 saturated carbocycles. The lowest BCUT2D eigenvalue weighted by Crippen LogP contribution is -2.03. The maximum Gasteiger partial charge on any atom is 0.338 e. The van der Waals surface area contributed by atoms with E-state index in [4.69, 9.17) is 9.84 Å². The Morgan fingerprint density at radius 3 is 2.57 bits per heavy atom. The fourth-order valence-corrected chi connectivity index (χ4v) is 2.01. The van der Waals surface area contributed by atoms with Crippen molar-refractivity contribution < 1.29 is 19.0 Å². The topological polar surface area (TPSA) is 46.5 Å². The molecule has 0 aliphatic rings. The molecular formula is C17H15FO3. The Bertz CT molecular complexity index is 660. The molecule has 0 aromatic heterocycles. The standard InChI is InChI=1S/C17H15FO3/c1-21-17(20)15-9-4-12(3-2-10-19)11-16(15)13-5-7-14(18)8-6-13/h2-9,11,19H,10H2,1H3. The maximum atomic E-state index is 13.0. The van der Waals surface area contributed by atoms with Gasteiger partial charge in [-0.1, -0.05) is 30.4 Å². The third-order valence-electron chi connectivity index (χ3n) is 3.02. The zero-order valence-corrected chi connectivity index (χ0v) is 11.5. The van der Waals surface area contributed by atoms with Crippen LogP contribution in [-0.2, 0) is 4.74 Å². The number of ether oxygens (including phenoxy) is 1. The molecule has 0 saturated heterocycles. The van der Waals surface area contributed by atoms with E-state index < -0.39 is 5.97 Å². The summed E-state index contributed by atoms with van der Waals surface area (Å²) in [6.07, 6.45) is 3.34. The van der Waals surface area contributed by atoms with Crippen molar-refractivity contribution in [1.82, 2.24) is 0 Å². The molecule has 21 heavy (non-hydrogen) atoms. The van der Waals surface area contributed by atoms with Crippen molar-refractivity contribution in [1.29, 1.82) is 0 Å². The second-order valence-corrected chi connectivity index (χ2v) is 4.39. The number of carbonyl (C=O) groups excluding carboxylic acids is 1. The number of rotatable bonds is 4. The fraction of sp³-hybridized carbons (Fsp3) is 0.118. The summed E-state index contributed by atoms with van der Waals surface area (Å²) in [5.74, 6) is -0.790. The third-order valence-corrected chi connectivity index (χ3v) is 3.02. The van der Waals surface area contributed by atoms with E-state index in [0.717, 1.165) is 11.1 Å². The van der Waals surface area contributed by atoms with E-state index in [9.17, 15) is 9.18 Å². The van der Waals surface area contributed by atoms with E-state index >= 15 is 0 Å². The van der Waals surface area contributed by atoms with Gasteiger partial charge in [-0.25, -0.2) is 9.18 Å². The van der Waals surface area contributed by atoms with Crippen LogP contribution in [0.3, 0.4) is 0 Å². The second kappa shape index (κ2) is 6.81. The van der Waals surface area contributed by atoms with E-state index in [2.05, 4.69) is 0 Å². The Balaban J connectivity index is 2.54. The lowest BCUT2D eigenvalue weighted by atomic mass is 9.97. The number of methoxy groups -OCH3 is 1. The molecule has 0 aliphatic heterocycles. The van der Waals surface area contributed by atoms with Crippen LogP contribution in [-0.4, -0.2) is 24.8 Å². The summed E-state index contributed by atoms with van der Waals surface area (Å²) in [4.78, 5) is 11.8. The van der Waals surface area contributed by atoms with Gasteiger partial charge in [0.2, 0.25) is 0 Å². The minimum absolute atomic E-state index is 0.0648. The molecule has 2 rings (SSSR count). The monoisotopic (exact) mass is 286 g/mol. The van der Waals surface area contributed by atoms with Crippen LogP contribution in [0.4, 0.5) is 4.39 Å². The van der Waals surface area contributed by atoms with Gasteiger partial charge in [0.25, 0.3) is 0 Å². The van der Waals surface area contributed by atoms with Crippen LogP contribution in [0.15, 0.2) is 48.5 Å². The first kappa shape index (κ1) is 14.9. The van der Waals surface area contributed by atoms with Crippen molar-refractivity contribution >= 4 is 12.0 Å². The molecule has 2 aromatic carbocycles. The number of halogens is 1. The zero-order valence-electron chi connectivity index (χ0n) is 11.5. The van der Waals surface area contributed by atoms with Crippen molar-refractivity contribution in [3.63, 3.8) is 0 Å². The number of benzene rings is 2. The highest BCUT2D eigenvalue weighted by molar-refractivity contribution is 5.97. The lowest BCUT2D eigenvalue weighted by Gasteiger charge is -2.09. The first-order valence-electron chi connectivity index (χ1n) is 6.41. The summed E-state index contributed by atoms with van der Waals surface area (Å²) < 4.78 is 17.8. The molecule has 0 unspecified atom stereocenters. The summed E-state index contributed by atoms with van der Waals surface area (Å²) in [6.45, 7) is -0.0648. The maximum absolute atomic E-state index is 13.0. The van der Waals surface area contributed by atoms with Gasteiger partial charge in [0.05, 0.1) is 19.3 Å². The number of aliphatic hydroxyl groups excluding tert-OH is 1. The average molecular weight is 286 g/mol. The molecule has 4 heteroatoms.